The van der Waals surface area contributed by atoms with Gasteiger partial charge in [-0.05, 0) is 49.7 Å². The number of carbonyl (C=O) groups excluding carboxylic acids is 1. The second-order valence-electron chi connectivity index (χ2n) is 6.87. The fourth-order valence-corrected chi connectivity index (χ4v) is 3.89. The van der Waals surface area contributed by atoms with E-state index < -0.39 is 0 Å². The number of hydrazone groups is 1. The van der Waals surface area contributed by atoms with Crippen molar-refractivity contribution in [3.63, 3.8) is 0 Å². The van der Waals surface area contributed by atoms with Gasteiger partial charge in [0.25, 0.3) is 11.5 Å². The number of nitrogens with zero attached hydrogens (tertiary/aromatic N) is 3. The molecule has 0 aliphatic heterocycles. The highest BCUT2D eigenvalue weighted by Crippen LogP contribution is 2.23. The number of fused-ring (bicyclic) bond motifs is 1. The Balaban J connectivity index is 1.60. The van der Waals surface area contributed by atoms with Crippen molar-refractivity contribution in [3.8, 4) is 5.69 Å². The first-order valence-electron chi connectivity index (χ1n) is 9.62. The summed E-state index contributed by atoms with van der Waals surface area (Å²) in [6.07, 6.45) is 1.44. The predicted octanol–water partition coefficient (Wildman–Crippen LogP) is 3.84. The van der Waals surface area contributed by atoms with Crippen molar-refractivity contribution >= 4 is 34.8 Å². The van der Waals surface area contributed by atoms with Crippen LogP contribution in [0.3, 0.4) is 0 Å². The second-order valence-corrected chi connectivity index (χ2v) is 7.81. The van der Waals surface area contributed by atoms with Crippen LogP contribution < -0.4 is 11.0 Å². The molecule has 1 N–H and O–H groups in total. The van der Waals surface area contributed by atoms with Crippen LogP contribution in [0.25, 0.3) is 16.6 Å². The first-order chi connectivity index (χ1) is 15.0. The summed E-state index contributed by atoms with van der Waals surface area (Å²) in [7, 11) is 0. The number of amides is 1. The van der Waals surface area contributed by atoms with Gasteiger partial charge in [-0.2, -0.15) is 5.10 Å². The highest BCUT2D eigenvalue weighted by Gasteiger charge is 2.15. The Kier molecular flexibility index (Phi) is 5.99. The highest BCUT2D eigenvalue weighted by molar-refractivity contribution is 7.99. The van der Waals surface area contributed by atoms with Crippen LogP contribution in [-0.2, 0) is 4.79 Å². The molecule has 0 bridgehead atoms. The minimum atomic E-state index is -0.316. The molecule has 0 radical (unpaired) electrons. The number of furan rings is 1. The Bertz CT molecular complexity index is 1340. The quantitative estimate of drug-likeness (QED) is 0.216. The fourth-order valence-electron chi connectivity index (χ4n) is 3.09. The maximum absolute atomic E-state index is 13.3. The third kappa shape index (κ3) is 4.59. The molecule has 0 spiro atoms. The molecule has 0 aliphatic rings. The molecule has 4 rings (SSSR count). The Hall–Kier alpha value is -3.65. The SMILES string of the molecule is Cc1ccc(C=NNC(=O)CSc2nc3ccccc3c(=O)n2-c2ccccc2C)o1. The summed E-state index contributed by atoms with van der Waals surface area (Å²) >= 11 is 1.18. The van der Waals surface area contributed by atoms with Crippen LogP contribution in [0.2, 0.25) is 0 Å². The van der Waals surface area contributed by atoms with Crippen molar-refractivity contribution in [2.45, 2.75) is 19.0 Å². The predicted molar refractivity (Wildman–Crippen MR) is 122 cm³/mol. The first-order valence-corrected chi connectivity index (χ1v) is 10.6. The highest BCUT2D eigenvalue weighted by atomic mass is 32.2. The molecular formula is C23H20N4O3S. The molecule has 0 unspecified atom stereocenters. The summed E-state index contributed by atoms with van der Waals surface area (Å²) in [6, 6.07) is 18.4. The van der Waals surface area contributed by atoms with Gasteiger partial charge in [0.1, 0.15) is 11.5 Å². The van der Waals surface area contributed by atoms with Crippen LogP contribution in [0, 0.1) is 13.8 Å². The molecule has 1 amide bonds. The zero-order valence-corrected chi connectivity index (χ0v) is 17.8. The van der Waals surface area contributed by atoms with Crippen molar-refractivity contribution in [1.82, 2.24) is 15.0 Å². The topological polar surface area (TPSA) is 89.5 Å². The summed E-state index contributed by atoms with van der Waals surface area (Å²) in [4.78, 5) is 30.2. The number of carbonyl (C=O) groups is 1. The summed E-state index contributed by atoms with van der Waals surface area (Å²) in [5, 5.41) is 4.88. The number of aryl methyl sites for hydroxylation is 2. The van der Waals surface area contributed by atoms with E-state index >= 15 is 0 Å². The van der Waals surface area contributed by atoms with Gasteiger partial charge in [0, 0.05) is 0 Å². The van der Waals surface area contributed by atoms with Gasteiger partial charge >= 0.3 is 0 Å². The molecule has 2 heterocycles. The molecule has 0 fully saturated rings. The largest absolute Gasteiger partial charge is 0.460 e. The van der Waals surface area contributed by atoms with Crippen LogP contribution in [0.15, 0.2) is 80.1 Å². The molecule has 31 heavy (non-hydrogen) atoms. The van der Waals surface area contributed by atoms with Gasteiger partial charge in [-0.1, -0.05) is 42.1 Å². The van der Waals surface area contributed by atoms with Gasteiger partial charge in [0.05, 0.1) is 28.6 Å². The van der Waals surface area contributed by atoms with Crippen molar-refractivity contribution in [1.29, 1.82) is 0 Å². The normalized spacial score (nSPS) is 11.3. The standard InChI is InChI=1S/C23H20N4O3S/c1-15-7-3-6-10-20(15)27-22(29)18-8-4-5-9-19(18)25-23(27)31-14-21(28)26-24-13-17-12-11-16(2)30-17/h3-13H,14H2,1-2H3,(H,26,28). The molecule has 2 aromatic carbocycles. The molecule has 0 saturated carbocycles. The molecular weight excluding hydrogens is 412 g/mol. The van der Waals surface area contributed by atoms with Gasteiger partial charge in [-0.3, -0.25) is 14.2 Å². The Morgan fingerprint density at radius 3 is 2.68 bits per heavy atom. The monoisotopic (exact) mass is 432 g/mol. The van der Waals surface area contributed by atoms with Crippen molar-refractivity contribution < 1.29 is 9.21 Å². The molecule has 0 atom stereocenters. The molecule has 8 heteroatoms. The number of nitrogens with one attached hydrogen (secondary N) is 1. The minimum Gasteiger partial charge on any atom is -0.460 e. The smallest absolute Gasteiger partial charge is 0.266 e. The number of hydrogen-bond acceptors (Lipinski definition) is 6. The van der Waals surface area contributed by atoms with Crippen molar-refractivity contribution in [3.05, 3.63) is 88.1 Å². The number of thioether (sulfide) groups is 1. The zero-order valence-electron chi connectivity index (χ0n) is 17.0. The Morgan fingerprint density at radius 1 is 1.13 bits per heavy atom. The van der Waals surface area contributed by atoms with Crippen molar-refractivity contribution in [2.75, 3.05) is 5.75 Å². The average molecular weight is 433 g/mol. The van der Waals surface area contributed by atoms with E-state index in [0.717, 1.165) is 17.0 Å². The Labute approximate surface area is 182 Å². The van der Waals surface area contributed by atoms with E-state index in [0.29, 0.717) is 21.8 Å². The van der Waals surface area contributed by atoms with Crippen LogP contribution in [-0.4, -0.2) is 27.4 Å². The molecule has 2 aromatic heterocycles. The summed E-state index contributed by atoms with van der Waals surface area (Å²) < 4.78 is 6.93. The van der Waals surface area contributed by atoms with E-state index in [4.69, 9.17) is 4.42 Å². The van der Waals surface area contributed by atoms with Crippen LogP contribution in [0.4, 0.5) is 0 Å². The van der Waals surface area contributed by atoms with Gasteiger partial charge in [-0.25, -0.2) is 10.4 Å². The van der Waals surface area contributed by atoms with E-state index in [2.05, 4.69) is 15.5 Å². The third-order valence-electron chi connectivity index (χ3n) is 4.58. The van der Waals surface area contributed by atoms with Crippen LogP contribution in [0.5, 0.6) is 0 Å². The zero-order chi connectivity index (χ0) is 21.8. The van der Waals surface area contributed by atoms with E-state index in [1.807, 2.05) is 56.3 Å². The molecule has 0 saturated heterocycles. The van der Waals surface area contributed by atoms with Crippen molar-refractivity contribution in [2.24, 2.45) is 5.10 Å². The lowest BCUT2D eigenvalue weighted by molar-refractivity contribution is -0.118. The van der Waals surface area contributed by atoms with Gasteiger partial charge < -0.3 is 4.42 Å². The number of para-hydroxylation sites is 2. The Morgan fingerprint density at radius 2 is 1.90 bits per heavy atom. The number of benzene rings is 2. The van der Waals surface area contributed by atoms with Gasteiger partial charge in [-0.15, -0.1) is 0 Å². The van der Waals surface area contributed by atoms with E-state index in [1.54, 1.807) is 22.8 Å². The molecule has 4 aromatic rings. The van der Waals surface area contributed by atoms with Gasteiger partial charge in [0.15, 0.2) is 5.16 Å². The second kappa shape index (κ2) is 9.01. The lowest BCUT2D eigenvalue weighted by atomic mass is 10.2. The fraction of sp³-hybridized carbons (Fsp3) is 0.130. The number of aromatic nitrogens is 2. The van der Waals surface area contributed by atoms with E-state index in [-0.39, 0.29) is 17.2 Å². The summed E-state index contributed by atoms with van der Waals surface area (Å²) in [5.41, 5.74) is 4.56. The summed E-state index contributed by atoms with van der Waals surface area (Å²) in [5.74, 6) is 1.05. The summed E-state index contributed by atoms with van der Waals surface area (Å²) in [6.45, 7) is 3.76. The van der Waals surface area contributed by atoms with E-state index in [1.165, 1.54) is 18.0 Å². The maximum Gasteiger partial charge on any atom is 0.266 e. The minimum absolute atomic E-state index is 0.0468. The lowest BCUT2D eigenvalue weighted by Gasteiger charge is -2.14. The molecule has 156 valence electrons. The third-order valence-corrected chi connectivity index (χ3v) is 5.51. The average Bonchev–Trinajstić information content (AvgIpc) is 3.18. The van der Waals surface area contributed by atoms with Crippen LogP contribution >= 0.6 is 11.8 Å². The van der Waals surface area contributed by atoms with Gasteiger partial charge in [0.2, 0.25) is 0 Å². The van der Waals surface area contributed by atoms with Crippen LogP contribution in [0.1, 0.15) is 17.1 Å². The molecule has 7 nitrogen and oxygen atoms in total. The van der Waals surface area contributed by atoms with E-state index in [9.17, 15) is 9.59 Å². The maximum atomic E-state index is 13.3. The number of rotatable bonds is 6. The lowest BCUT2D eigenvalue weighted by Crippen LogP contribution is -2.24. The first kappa shape index (κ1) is 20.6. The molecule has 0 aliphatic carbocycles. The number of hydrogen-bond donors (Lipinski definition) is 1.